The minimum absolute atomic E-state index is 0.0561. The molecule has 3 aromatic rings. The molecule has 0 unspecified atom stereocenters. The van der Waals surface area contributed by atoms with E-state index >= 15 is 0 Å². The topological polar surface area (TPSA) is 110 Å². The number of nitro groups is 1. The predicted octanol–water partition coefficient (Wildman–Crippen LogP) is 1.76. The molecular formula is C16H18N6O3. The van der Waals surface area contributed by atoms with E-state index in [-0.39, 0.29) is 17.3 Å². The number of benzene rings is 1. The summed E-state index contributed by atoms with van der Waals surface area (Å²) in [5.41, 5.74) is 1.17. The van der Waals surface area contributed by atoms with Gasteiger partial charge in [-0.2, -0.15) is 5.10 Å². The van der Waals surface area contributed by atoms with Crippen LogP contribution in [0.4, 0.5) is 5.69 Å². The number of non-ortho nitro benzene ring substituents is 1. The van der Waals surface area contributed by atoms with Gasteiger partial charge in [-0.3, -0.25) is 24.5 Å². The Bertz CT molecular complexity index is 993. The molecule has 0 aliphatic carbocycles. The lowest BCUT2D eigenvalue weighted by molar-refractivity contribution is -0.384. The first-order chi connectivity index (χ1) is 11.9. The largest absolute Gasteiger partial charge is 0.309 e. The first-order valence-corrected chi connectivity index (χ1v) is 7.72. The number of aromatic nitrogens is 4. The van der Waals surface area contributed by atoms with Crippen molar-refractivity contribution in [2.24, 2.45) is 7.05 Å². The van der Waals surface area contributed by atoms with Gasteiger partial charge in [0.2, 0.25) is 0 Å². The summed E-state index contributed by atoms with van der Waals surface area (Å²) in [7, 11) is 3.60. The summed E-state index contributed by atoms with van der Waals surface area (Å²) in [6, 6.07) is 6.44. The number of hydrogen-bond acceptors (Lipinski definition) is 6. The zero-order chi connectivity index (χ0) is 18.1. The van der Waals surface area contributed by atoms with Crippen LogP contribution in [-0.2, 0) is 13.6 Å². The molecule has 2 heterocycles. The van der Waals surface area contributed by atoms with E-state index in [9.17, 15) is 14.9 Å². The number of rotatable bonds is 5. The fourth-order valence-electron chi connectivity index (χ4n) is 2.68. The van der Waals surface area contributed by atoms with E-state index < -0.39 is 4.92 Å². The summed E-state index contributed by atoms with van der Waals surface area (Å²) in [4.78, 5) is 31.8. The van der Waals surface area contributed by atoms with Crippen molar-refractivity contribution in [1.29, 1.82) is 0 Å². The summed E-state index contributed by atoms with van der Waals surface area (Å²) in [5, 5.41) is 15.4. The molecule has 0 saturated carbocycles. The van der Waals surface area contributed by atoms with Crippen molar-refractivity contribution in [3.8, 4) is 0 Å². The van der Waals surface area contributed by atoms with Gasteiger partial charge in [-0.25, -0.2) is 4.98 Å². The van der Waals surface area contributed by atoms with Crippen molar-refractivity contribution in [2.45, 2.75) is 19.5 Å². The lowest BCUT2D eigenvalue weighted by Crippen LogP contribution is -2.25. The highest BCUT2D eigenvalue weighted by atomic mass is 16.6. The molecule has 0 saturated heterocycles. The van der Waals surface area contributed by atoms with Crippen molar-refractivity contribution in [3.05, 3.63) is 62.3 Å². The fraction of sp³-hybridized carbons (Fsp3) is 0.312. The molecule has 130 valence electrons. The molecule has 25 heavy (non-hydrogen) atoms. The van der Waals surface area contributed by atoms with Crippen LogP contribution in [0.5, 0.6) is 0 Å². The Kier molecular flexibility index (Phi) is 4.32. The van der Waals surface area contributed by atoms with Gasteiger partial charge < -0.3 is 4.98 Å². The first kappa shape index (κ1) is 16.8. The van der Waals surface area contributed by atoms with Crippen LogP contribution in [-0.4, -0.2) is 36.6 Å². The number of fused-ring (bicyclic) bond motifs is 1. The zero-order valence-corrected chi connectivity index (χ0v) is 14.1. The van der Waals surface area contributed by atoms with Crippen LogP contribution >= 0.6 is 0 Å². The van der Waals surface area contributed by atoms with Crippen LogP contribution in [0.15, 0.2) is 35.3 Å². The maximum Gasteiger partial charge on any atom is 0.269 e. The number of hydrogen-bond donors (Lipinski definition) is 1. The van der Waals surface area contributed by atoms with E-state index in [1.165, 1.54) is 12.3 Å². The second-order valence-electron chi connectivity index (χ2n) is 5.96. The summed E-state index contributed by atoms with van der Waals surface area (Å²) in [6.45, 7) is 2.33. The maximum absolute atomic E-state index is 12.1. The Balaban J connectivity index is 1.85. The summed E-state index contributed by atoms with van der Waals surface area (Å²) < 4.78 is 1.55. The smallest absolute Gasteiger partial charge is 0.269 e. The molecule has 2 aromatic heterocycles. The third-order valence-electron chi connectivity index (χ3n) is 4.27. The number of aromatic amines is 1. The number of nitrogens with one attached hydrogen (secondary N) is 1. The minimum Gasteiger partial charge on any atom is -0.309 e. The third kappa shape index (κ3) is 3.26. The molecule has 1 aromatic carbocycles. The highest BCUT2D eigenvalue weighted by Crippen LogP contribution is 2.23. The quantitative estimate of drug-likeness (QED) is 0.559. The Morgan fingerprint density at radius 2 is 2.20 bits per heavy atom. The Morgan fingerprint density at radius 3 is 2.92 bits per heavy atom. The van der Waals surface area contributed by atoms with Gasteiger partial charge in [0.05, 0.1) is 17.7 Å². The second kappa shape index (κ2) is 6.44. The highest BCUT2D eigenvalue weighted by molar-refractivity contribution is 5.72. The van der Waals surface area contributed by atoms with Crippen molar-refractivity contribution in [3.63, 3.8) is 0 Å². The van der Waals surface area contributed by atoms with E-state index in [1.807, 2.05) is 24.9 Å². The van der Waals surface area contributed by atoms with Gasteiger partial charge in [0.1, 0.15) is 11.2 Å². The van der Waals surface area contributed by atoms with E-state index in [1.54, 1.807) is 23.9 Å². The third-order valence-corrected chi connectivity index (χ3v) is 4.27. The molecule has 0 radical (unpaired) electrons. The molecule has 3 rings (SSSR count). The molecule has 0 fully saturated rings. The fourth-order valence-corrected chi connectivity index (χ4v) is 2.68. The van der Waals surface area contributed by atoms with Gasteiger partial charge in [-0.1, -0.05) is 12.1 Å². The van der Waals surface area contributed by atoms with Gasteiger partial charge in [0, 0.05) is 25.2 Å². The normalized spacial score (nSPS) is 12.6. The van der Waals surface area contributed by atoms with Crippen LogP contribution < -0.4 is 5.56 Å². The van der Waals surface area contributed by atoms with E-state index in [0.717, 1.165) is 5.56 Å². The molecule has 0 aliphatic heterocycles. The number of H-pyrrole nitrogens is 1. The summed E-state index contributed by atoms with van der Waals surface area (Å²) >= 11 is 0. The molecular weight excluding hydrogens is 324 g/mol. The van der Waals surface area contributed by atoms with Crippen LogP contribution in [0.3, 0.4) is 0 Å². The van der Waals surface area contributed by atoms with E-state index in [4.69, 9.17) is 0 Å². The van der Waals surface area contributed by atoms with Crippen LogP contribution in [0, 0.1) is 10.1 Å². The van der Waals surface area contributed by atoms with Crippen molar-refractivity contribution in [2.75, 3.05) is 7.05 Å². The van der Waals surface area contributed by atoms with E-state index in [2.05, 4.69) is 15.1 Å². The molecule has 0 spiro atoms. The van der Waals surface area contributed by atoms with Crippen molar-refractivity contribution in [1.82, 2.24) is 24.6 Å². The monoisotopic (exact) mass is 342 g/mol. The van der Waals surface area contributed by atoms with Gasteiger partial charge >= 0.3 is 0 Å². The molecule has 1 atom stereocenters. The van der Waals surface area contributed by atoms with E-state index in [0.29, 0.717) is 23.4 Å². The second-order valence-corrected chi connectivity index (χ2v) is 5.96. The van der Waals surface area contributed by atoms with Crippen LogP contribution in [0.25, 0.3) is 11.0 Å². The molecule has 0 aliphatic rings. The lowest BCUT2D eigenvalue weighted by Gasteiger charge is -2.24. The number of nitro benzene ring substituents is 1. The first-order valence-electron chi connectivity index (χ1n) is 7.72. The standard InChI is InChI=1S/C16H18N6O3/c1-10(11-5-4-6-12(7-11)22(24)25)20(2)9-14-18-15-13(16(23)19-14)8-17-21(15)3/h4-8,10H,9H2,1-3H3,(H,18,19,23)/t10-/m1/s1. The maximum atomic E-state index is 12.1. The van der Waals surface area contributed by atoms with Crippen molar-refractivity contribution >= 4 is 16.7 Å². The minimum atomic E-state index is -0.411. The average Bonchev–Trinajstić information content (AvgIpc) is 2.96. The Morgan fingerprint density at radius 1 is 1.44 bits per heavy atom. The van der Waals surface area contributed by atoms with Gasteiger partial charge in [0.25, 0.3) is 11.2 Å². The molecule has 9 heteroatoms. The van der Waals surface area contributed by atoms with Gasteiger partial charge in [0.15, 0.2) is 5.65 Å². The zero-order valence-electron chi connectivity index (χ0n) is 14.1. The van der Waals surface area contributed by atoms with Gasteiger partial charge in [-0.05, 0) is 19.5 Å². The average molecular weight is 342 g/mol. The van der Waals surface area contributed by atoms with Gasteiger partial charge in [-0.15, -0.1) is 0 Å². The number of nitrogens with zero attached hydrogens (tertiary/aromatic N) is 5. The molecule has 0 amide bonds. The van der Waals surface area contributed by atoms with Crippen LogP contribution in [0.1, 0.15) is 24.4 Å². The van der Waals surface area contributed by atoms with Crippen molar-refractivity contribution < 1.29 is 4.92 Å². The summed E-state index contributed by atoms with van der Waals surface area (Å²) in [5.74, 6) is 0.515. The van der Waals surface area contributed by atoms with Crippen LogP contribution in [0.2, 0.25) is 0 Å². The highest BCUT2D eigenvalue weighted by Gasteiger charge is 2.17. The Labute approximate surface area is 143 Å². The molecule has 0 bridgehead atoms. The Hall–Kier alpha value is -3.07. The molecule has 1 N–H and O–H groups in total. The SMILES string of the molecule is C[C@H](c1cccc([N+](=O)[O-])c1)N(C)Cc1nc2c(cnn2C)c(=O)[nH]1. The molecule has 9 nitrogen and oxygen atoms in total. The number of aryl methyl sites for hydroxylation is 1. The lowest BCUT2D eigenvalue weighted by atomic mass is 10.1. The predicted molar refractivity (Wildman–Crippen MR) is 92.1 cm³/mol. The summed E-state index contributed by atoms with van der Waals surface area (Å²) in [6.07, 6.45) is 1.49.